The van der Waals surface area contributed by atoms with Crippen molar-refractivity contribution in [3.05, 3.63) is 32.7 Å². The van der Waals surface area contributed by atoms with Gasteiger partial charge in [-0.2, -0.15) is 13.2 Å². The molecule has 1 saturated heterocycles. The number of nitrogens with one attached hydrogen (secondary N) is 1. The fourth-order valence-electron chi connectivity index (χ4n) is 4.11. The topological polar surface area (TPSA) is 80.6 Å². The molecule has 2 atom stereocenters. The van der Waals surface area contributed by atoms with Gasteiger partial charge in [0.15, 0.2) is 0 Å². The monoisotopic (exact) mass is 507 g/mol. The van der Waals surface area contributed by atoms with Gasteiger partial charge < -0.3 is 19.5 Å². The fraction of sp³-hybridized carbons (Fsp3) is 0.450. The number of aromatic nitrogens is 1. The summed E-state index contributed by atoms with van der Waals surface area (Å²) in [6.07, 6.45) is -4.87. The van der Waals surface area contributed by atoms with Crippen LogP contribution in [0, 0.1) is 5.82 Å². The van der Waals surface area contributed by atoms with E-state index < -0.39 is 35.3 Å². The molecule has 2 unspecified atom stereocenters. The van der Waals surface area contributed by atoms with Crippen LogP contribution in [0.2, 0.25) is 5.02 Å². The number of alkyl halides is 3. The molecule has 33 heavy (non-hydrogen) atoms. The number of thioether (sulfide) groups is 1. The molecule has 178 valence electrons. The van der Waals surface area contributed by atoms with Gasteiger partial charge in [-0.15, -0.1) is 0 Å². The third kappa shape index (κ3) is 3.92. The summed E-state index contributed by atoms with van der Waals surface area (Å²) in [5.74, 6) is -3.73. The quantitative estimate of drug-likeness (QED) is 0.500. The van der Waals surface area contributed by atoms with Gasteiger partial charge in [0, 0.05) is 19.1 Å². The second kappa shape index (κ2) is 8.39. The number of fused-ring (bicyclic) bond motifs is 3. The largest absolute Gasteiger partial charge is 0.471 e. The highest BCUT2D eigenvalue weighted by molar-refractivity contribution is 8.00. The smallest absolute Gasteiger partial charge is 0.462 e. The Hall–Kier alpha value is -2.47. The van der Waals surface area contributed by atoms with E-state index in [4.69, 9.17) is 16.3 Å². The average molecular weight is 508 g/mol. The van der Waals surface area contributed by atoms with Crippen LogP contribution in [0.4, 0.5) is 23.2 Å². The van der Waals surface area contributed by atoms with Gasteiger partial charge in [0.2, 0.25) is 5.43 Å². The molecular weight excluding hydrogens is 490 g/mol. The SMILES string of the molecule is CCOC(=O)c1c2n(c3c(Cl)c(N4CCC(NC(=O)C(F)(F)F)C4)c(F)cc3c1=O)C(C)S2. The number of anilines is 1. The summed E-state index contributed by atoms with van der Waals surface area (Å²) in [4.78, 5) is 38.1. The van der Waals surface area contributed by atoms with E-state index in [0.29, 0.717) is 5.03 Å². The van der Waals surface area contributed by atoms with Crippen LogP contribution >= 0.6 is 23.4 Å². The molecule has 3 heterocycles. The minimum absolute atomic E-state index is 0.0605. The zero-order valence-electron chi connectivity index (χ0n) is 17.4. The number of amides is 1. The first-order valence-corrected chi connectivity index (χ1v) is 11.3. The van der Waals surface area contributed by atoms with Crippen molar-refractivity contribution in [2.45, 2.75) is 42.9 Å². The van der Waals surface area contributed by atoms with Gasteiger partial charge in [0.25, 0.3) is 0 Å². The lowest BCUT2D eigenvalue weighted by molar-refractivity contribution is -0.174. The number of carbonyl (C=O) groups excluding carboxylic acids is 2. The summed E-state index contributed by atoms with van der Waals surface area (Å²) in [6, 6.07) is 0.128. The van der Waals surface area contributed by atoms with Crippen LogP contribution in [-0.2, 0) is 9.53 Å². The lowest BCUT2D eigenvalue weighted by Gasteiger charge is -2.34. The van der Waals surface area contributed by atoms with Crippen molar-refractivity contribution < 1.29 is 31.9 Å². The summed E-state index contributed by atoms with van der Waals surface area (Å²) < 4.78 is 59.4. The standard InChI is InChI=1S/C20H18ClF4N3O4S/c1-3-32-18(30)12-16(29)10-6-11(22)15(13(21)14(10)28-8(2)33-17(12)28)27-5-4-9(7-27)26-19(31)20(23,24)25/h6,8-9H,3-5,7H2,1-2H3,(H,26,31). The summed E-state index contributed by atoms with van der Waals surface area (Å²) in [5, 5.41) is 1.86. The Labute approximate surface area is 194 Å². The molecule has 1 aromatic heterocycles. The average Bonchev–Trinajstić information content (AvgIpc) is 3.16. The number of halogens is 5. The molecule has 13 heteroatoms. The number of esters is 1. The molecule has 0 bridgehead atoms. The molecular formula is C20H18ClF4N3O4S. The molecule has 2 aliphatic heterocycles. The first-order chi connectivity index (χ1) is 15.5. The fourth-order valence-corrected chi connectivity index (χ4v) is 5.65. The van der Waals surface area contributed by atoms with Crippen molar-refractivity contribution in [1.82, 2.24) is 9.88 Å². The van der Waals surface area contributed by atoms with E-state index in [0.717, 1.165) is 6.07 Å². The Morgan fingerprint density at radius 1 is 1.36 bits per heavy atom. The number of hydrogen-bond donors (Lipinski definition) is 1. The number of ether oxygens (including phenoxy) is 1. The maximum Gasteiger partial charge on any atom is 0.471 e. The summed E-state index contributed by atoms with van der Waals surface area (Å²) in [5.41, 5.74) is -0.741. The second-order valence-corrected chi connectivity index (χ2v) is 9.32. The lowest BCUT2D eigenvalue weighted by atomic mass is 10.1. The molecule has 0 saturated carbocycles. The molecule has 1 fully saturated rings. The first kappa shape index (κ1) is 23.7. The van der Waals surface area contributed by atoms with Gasteiger partial charge in [-0.25, -0.2) is 9.18 Å². The number of pyridine rings is 1. The summed E-state index contributed by atoms with van der Waals surface area (Å²) in [7, 11) is 0. The number of hydrogen-bond acceptors (Lipinski definition) is 6. The first-order valence-electron chi connectivity index (χ1n) is 10.0. The molecule has 1 aromatic carbocycles. The van der Waals surface area contributed by atoms with Crippen molar-refractivity contribution >= 4 is 51.8 Å². The second-order valence-electron chi connectivity index (χ2n) is 7.64. The van der Waals surface area contributed by atoms with Crippen molar-refractivity contribution in [1.29, 1.82) is 0 Å². The van der Waals surface area contributed by atoms with Crippen molar-refractivity contribution in [2.75, 3.05) is 24.6 Å². The number of nitrogens with zero attached hydrogens (tertiary/aromatic N) is 2. The Balaban J connectivity index is 1.77. The maximum absolute atomic E-state index is 15.2. The van der Waals surface area contributed by atoms with Crippen LogP contribution in [0.1, 0.15) is 36.0 Å². The Kier molecular flexibility index (Phi) is 6.02. The van der Waals surface area contributed by atoms with E-state index in [-0.39, 0.29) is 58.7 Å². The van der Waals surface area contributed by atoms with Gasteiger partial charge in [-0.3, -0.25) is 9.59 Å². The van der Waals surface area contributed by atoms with Crippen LogP contribution in [0.5, 0.6) is 0 Å². The molecule has 2 aliphatic rings. The maximum atomic E-state index is 15.2. The van der Waals surface area contributed by atoms with E-state index in [2.05, 4.69) is 0 Å². The molecule has 7 nitrogen and oxygen atoms in total. The zero-order valence-corrected chi connectivity index (χ0v) is 19.0. The lowest BCUT2D eigenvalue weighted by Crippen LogP contribution is -2.44. The van der Waals surface area contributed by atoms with Gasteiger partial charge in [-0.05, 0) is 26.3 Å². The normalized spacial score (nSPS) is 19.9. The van der Waals surface area contributed by atoms with E-state index in [1.54, 1.807) is 11.5 Å². The van der Waals surface area contributed by atoms with E-state index in [1.165, 1.54) is 16.7 Å². The summed E-state index contributed by atoms with van der Waals surface area (Å²) >= 11 is 7.83. The molecule has 1 N–H and O–H groups in total. The molecule has 0 spiro atoms. The van der Waals surface area contributed by atoms with Crippen LogP contribution in [-0.4, -0.2) is 48.4 Å². The molecule has 0 aliphatic carbocycles. The number of benzene rings is 1. The van der Waals surface area contributed by atoms with Gasteiger partial charge in [0.05, 0.1) is 38.6 Å². The van der Waals surface area contributed by atoms with Gasteiger partial charge in [0.1, 0.15) is 11.4 Å². The highest BCUT2D eigenvalue weighted by Gasteiger charge is 2.41. The molecule has 4 rings (SSSR count). The third-order valence-corrected chi connectivity index (χ3v) is 7.07. The van der Waals surface area contributed by atoms with Crippen LogP contribution in [0.25, 0.3) is 10.9 Å². The Morgan fingerprint density at radius 2 is 2.06 bits per heavy atom. The Morgan fingerprint density at radius 3 is 2.67 bits per heavy atom. The zero-order chi connectivity index (χ0) is 24.2. The molecule has 1 amide bonds. The van der Waals surface area contributed by atoms with E-state index >= 15 is 4.39 Å². The van der Waals surface area contributed by atoms with Crippen molar-refractivity contribution in [3.63, 3.8) is 0 Å². The van der Waals surface area contributed by atoms with Crippen LogP contribution in [0.3, 0.4) is 0 Å². The van der Waals surface area contributed by atoms with E-state index in [9.17, 15) is 27.6 Å². The minimum atomic E-state index is -5.02. The van der Waals surface area contributed by atoms with Gasteiger partial charge >= 0.3 is 18.1 Å². The number of rotatable bonds is 4. The third-order valence-electron chi connectivity index (χ3n) is 5.54. The minimum Gasteiger partial charge on any atom is -0.462 e. The molecule has 0 radical (unpaired) electrons. The van der Waals surface area contributed by atoms with Crippen molar-refractivity contribution in [3.8, 4) is 0 Å². The molecule has 2 aromatic rings. The van der Waals surface area contributed by atoms with E-state index in [1.807, 2.05) is 12.2 Å². The van der Waals surface area contributed by atoms with Crippen LogP contribution in [0.15, 0.2) is 15.9 Å². The van der Waals surface area contributed by atoms with Crippen LogP contribution < -0.4 is 15.6 Å². The predicted octanol–water partition coefficient (Wildman–Crippen LogP) is 3.85. The highest BCUT2D eigenvalue weighted by Crippen LogP contribution is 2.49. The van der Waals surface area contributed by atoms with Gasteiger partial charge in [-0.1, -0.05) is 23.4 Å². The highest BCUT2D eigenvalue weighted by atomic mass is 35.5. The number of carbonyl (C=O) groups is 2. The predicted molar refractivity (Wildman–Crippen MR) is 115 cm³/mol. The Bertz CT molecular complexity index is 1230. The summed E-state index contributed by atoms with van der Waals surface area (Å²) in [6.45, 7) is 3.53. The van der Waals surface area contributed by atoms with Crippen molar-refractivity contribution in [2.24, 2.45) is 0 Å².